The molecule has 0 amide bonds. The van der Waals surface area contributed by atoms with Gasteiger partial charge in [-0.1, -0.05) is 13.8 Å². The summed E-state index contributed by atoms with van der Waals surface area (Å²) in [7, 11) is 4.17. The first-order valence-corrected chi connectivity index (χ1v) is 7.12. The Labute approximate surface area is 91.4 Å². The van der Waals surface area contributed by atoms with Gasteiger partial charge in [-0.15, -0.1) is 0 Å². The zero-order chi connectivity index (χ0) is 10.6. The predicted molar refractivity (Wildman–Crippen MR) is 57.4 cm³/mol. The number of halogens is 1. The number of hydrogen-bond acceptors (Lipinski definition) is 2. The van der Waals surface area contributed by atoms with Gasteiger partial charge in [0.05, 0.1) is 5.75 Å². The molecule has 3 unspecified atom stereocenters. The number of ketones is 1. The molecule has 0 aromatic heterocycles. The largest absolute Gasteiger partial charge is 0.299 e. The average Bonchev–Trinajstić information content (AvgIpc) is 2.36. The Morgan fingerprint density at radius 3 is 2.57 bits per heavy atom. The normalized spacial score (nSPS) is 41.6. The van der Waals surface area contributed by atoms with Gasteiger partial charge in [0.25, 0.3) is 0 Å². The maximum Gasteiger partial charge on any atom is 0.140 e. The summed E-state index contributed by atoms with van der Waals surface area (Å²) >= 11 is 0. The lowest BCUT2D eigenvalue weighted by molar-refractivity contribution is -0.127. The molecule has 0 N–H and O–H groups in total. The van der Waals surface area contributed by atoms with Crippen molar-refractivity contribution >= 4 is 26.5 Å². The number of rotatable bonds is 2. The Bertz CT molecular complexity index is 313. The van der Waals surface area contributed by atoms with Crippen LogP contribution in [0.3, 0.4) is 0 Å². The quantitative estimate of drug-likeness (QED) is 0.687. The summed E-state index contributed by atoms with van der Waals surface area (Å²) in [5.74, 6) is 1.11. The van der Waals surface area contributed by atoms with Gasteiger partial charge < -0.3 is 0 Å². The monoisotopic (exact) mass is 234 g/mol. The molecule has 0 spiro atoms. The lowest BCUT2D eigenvalue weighted by atomic mass is 9.70. The SMILES string of the molecule is CC1(C)C2CCC1(CS(=O)Cl)C(=O)C2. The van der Waals surface area contributed by atoms with Crippen LogP contribution in [0.15, 0.2) is 0 Å². The van der Waals surface area contributed by atoms with E-state index >= 15 is 0 Å². The molecule has 0 radical (unpaired) electrons. The summed E-state index contributed by atoms with van der Waals surface area (Å²) in [4.78, 5) is 11.9. The topological polar surface area (TPSA) is 34.1 Å². The summed E-state index contributed by atoms with van der Waals surface area (Å²) in [6.07, 6.45) is 2.63. The van der Waals surface area contributed by atoms with E-state index in [1.165, 1.54) is 0 Å². The van der Waals surface area contributed by atoms with Gasteiger partial charge in [-0.05, 0) is 34.9 Å². The minimum absolute atomic E-state index is 0.00532. The smallest absolute Gasteiger partial charge is 0.140 e. The van der Waals surface area contributed by atoms with Crippen molar-refractivity contribution in [2.45, 2.75) is 33.1 Å². The minimum atomic E-state index is -1.38. The molecular weight excluding hydrogens is 220 g/mol. The molecule has 0 aromatic carbocycles. The highest BCUT2D eigenvalue weighted by molar-refractivity contribution is 8.08. The average molecular weight is 235 g/mol. The molecule has 2 aliphatic rings. The van der Waals surface area contributed by atoms with E-state index in [0.717, 1.165) is 12.8 Å². The third kappa shape index (κ3) is 1.15. The van der Waals surface area contributed by atoms with E-state index in [1.807, 2.05) is 0 Å². The van der Waals surface area contributed by atoms with Crippen LogP contribution in [0.4, 0.5) is 0 Å². The van der Waals surface area contributed by atoms with Gasteiger partial charge in [-0.25, -0.2) is 4.21 Å². The molecule has 2 fully saturated rings. The van der Waals surface area contributed by atoms with Crippen molar-refractivity contribution in [2.24, 2.45) is 16.7 Å². The molecule has 2 saturated carbocycles. The molecule has 0 aromatic rings. The maximum absolute atomic E-state index is 11.9. The van der Waals surface area contributed by atoms with Crippen LogP contribution in [0, 0.1) is 16.7 Å². The lowest BCUT2D eigenvalue weighted by Gasteiger charge is -2.35. The van der Waals surface area contributed by atoms with Crippen molar-refractivity contribution < 1.29 is 9.00 Å². The Morgan fingerprint density at radius 2 is 2.21 bits per heavy atom. The first kappa shape index (κ1) is 10.6. The molecule has 2 aliphatic carbocycles. The van der Waals surface area contributed by atoms with Gasteiger partial charge in [0.1, 0.15) is 15.8 Å². The fraction of sp³-hybridized carbons (Fsp3) is 0.900. The molecule has 2 rings (SSSR count). The Hall–Kier alpha value is 0.110. The van der Waals surface area contributed by atoms with Crippen molar-refractivity contribution in [1.29, 1.82) is 0 Å². The van der Waals surface area contributed by atoms with E-state index in [-0.39, 0.29) is 16.6 Å². The van der Waals surface area contributed by atoms with Crippen molar-refractivity contribution in [3.8, 4) is 0 Å². The van der Waals surface area contributed by atoms with Gasteiger partial charge in [0.15, 0.2) is 0 Å². The van der Waals surface area contributed by atoms with E-state index in [9.17, 15) is 9.00 Å². The van der Waals surface area contributed by atoms with Crippen LogP contribution >= 0.6 is 10.7 Å². The Morgan fingerprint density at radius 1 is 1.57 bits per heavy atom. The molecule has 4 heteroatoms. The van der Waals surface area contributed by atoms with Gasteiger partial charge in [0, 0.05) is 11.8 Å². The van der Waals surface area contributed by atoms with Crippen LogP contribution in [0.25, 0.3) is 0 Å². The van der Waals surface area contributed by atoms with Crippen LogP contribution in [-0.2, 0) is 14.8 Å². The fourth-order valence-electron chi connectivity index (χ4n) is 3.30. The predicted octanol–water partition coefficient (Wildman–Crippen LogP) is 2.28. The standard InChI is InChI=1S/C10H15ClO2S/c1-9(2)7-3-4-10(9,6-14(11)13)8(12)5-7/h7H,3-6H2,1-2H3. The van der Waals surface area contributed by atoms with E-state index < -0.39 is 10.0 Å². The van der Waals surface area contributed by atoms with E-state index in [1.54, 1.807) is 0 Å². The van der Waals surface area contributed by atoms with Crippen molar-refractivity contribution in [3.63, 3.8) is 0 Å². The molecule has 0 aliphatic heterocycles. The Balaban J connectivity index is 2.39. The number of carbonyl (C=O) groups excluding carboxylic acids is 1. The zero-order valence-corrected chi connectivity index (χ0v) is 10.1. The highest BCUT2D eigenvalue weighted by atomic mass is 35.7. The number of hydrogen-bond donors (Lipinski definition) is 0. The van der Waals surface area contributed by atoms with Crippen LogP contribution < -0.4 is 0 Å². The first-order valence-electron chi connectivity index (χ1n) is 4.98. The Kier molecular flexibility index (Phi) is 2.31. The van der Waals surface area contributed by atoms with Gasteiger partial charge in [0.2, 0.25) is 0 Å². The second-order valence-corrected chi connectivity index (χ2v) is 7.00. The van der Waals surface area contributed by atoms with Crippen molar-refractivity contribution in [1.82, 2.24) is 0 Å². The molecule has 0 saturated heterocycles. The second-order valence-electron chi connectivity index (χ2n) is 5.10. The lowest BCUT2D eigenvalue weighted by Crippen LogP contribution is -2.40. The number of Topliss-reactive ketones (excluding diaryl/α,β-unsaturated/α-hetero) is 1. The van der Waals surface area contributed by atoms with Crippen LogP contribution in [-0.4, -0.2) is 15.7 Å². The van der Waals surface area contributed by atoms with Crippen molar-refractivity contribution in [3.05, 3.63) is 0 Å². The van der Waals surface area contributed by atoms with Gasteiger partial charge in [-0.2, -0.15) is 0 Å². The highest BCUT2D eigenvalue weighted by Crippen LogP contribution is 2.64. The van der Waals surface area contributed by atoms with Crippen LogP contribution in [0.5, 0.6) is 0 Å². The first-order chi connectivity index (χ1) is 6.40. The van der Waals surface area contributed by atoms with E-state index in [4.69, 9.17) is 10.7 Å². The van der Waals surface area contributed by atoms with Crippen molar-refractivity contribution in [2.75, 3.05) is 5.75 Å². The minimum Gasteiger partial charge on any atom is -0.299 e. The molecule has 0 heterocycles. The summed E-state index contributed by atoms with van der Waals surface area (Å²) in [5, 5.41) is 0. The molecule has 14 heavy (non-hydrogen) atoms. The van der Waals surface area contributed by atoms with Crippen LogP contribution in [0.1, 0.15) is 33.1 Å². The fourth-order valence-corrected chi connectivity index (χ4v) is 4.93. The van der Waals surface area contributed by atoms with Gasteiger partial charge in [-0.3, -0.25) is 4.79 Å². The molecule has 3 atom stereocenters. The number of fused-ring (bicyclic) bond motifs is 2. The summed E-state index contributed by atoms with van der Waals surface area (Å²) in [6.45, 7) is 4.25. The summed E-state index contributed by atoms with van der Waals surface area (Å²) < 4.78 is 11.1. The van der Waals surface area contributed by atoms with E-state index in [0.29, 0.717) is 18.1 Å². The second kappa shape index (κ2) is 3.05. The third-order valence-corrected chi connectivity index (χ3v) is 5.55. The summed E-state index contributed by atoms with van der Waals surface area (Å²) in [5.41, 5.74) is -0.390. The molecule has 2 bridgehead atoms. The molecule has 2 nitrogen and oxygen atoms in total. The van der Waals surface area contributed by atoms with Crippen LogP contribution in [0.2, 0.25) is 0 Å². The summed E-state index contributed by atoms with van der Waals surface area (Å²) in [6, 6.07) is 0. The number of carbonyl (C=O) groups is 1. The van der Waals surface area contributed by atoms with Gasteiger partial charge >= 0.3 is 0 Å². The molecule has 80 valence electrons. The highest BCUT2D eigenvalue weighted by Gasteiger charge is 2.64. The molecular formula is C10H15ClO2S. The maximum atomic E-state index is 11.9. The van der Waals surface area contributed by atoms with E-state index in [2.05, 4.69) is 13.8 Å². The third-order valence-electron chi connectivity index (χ3n) is 4.50. The zero-order valence-electron chi connectivity index (χ0n) is 8.51.